The van der Waals surface area contributed by atoms with Gasteiger partial charge in [0.2, 0.25) is 6.33 Å². The largest absolute Gasteiger partial charge is 0.469 e. The van der Waals surface area contributed by atoms with E-state index >= 15 is 0 Å². The number of hydrogen-bond acceptors (Lipinski definition) is 2. The maximum absolute atomic E-state index is 11.2. The first kappa shape index (κ1) is 15.7. The van der Waals surface area contributed by atoms with E-state index in [-0.39, 0.29) is 5.97 Å². The number of carbonyl (C=O) groups excluding carboxylic acids is 1. The number of methoxy groups -OCH3 is 1. The Morgan fingerprint density at radius 3 is 2.74 bits per heavy atom. The number of unbranched alkanes of at least 4 members (excludes halogenated alkanes) is 3. The van der Waals surface area contributed by atoms with Gasteiger partial charge < -0.3 is 4.74 Å². The third kappa shape index (κ3) is 5.45. The Balaban J connectivity index is 2.56. The minimum absolute atomic E-state index is 0.137. The van der Waals surface area contributed by atoms with Crippen molar-refractivity contribution in [3.05, 3.63) is 18.2 Å². The van der Waals surface area contributed by atoms with Gasteiger partial charge in [0.1, 0.15) is 11.9 Å². The minimum Gasteiger partial charge on any atom is -0.469 e. The normalized spacial score (nSPS) is 10.7. The lowest BCUT2D eigenvalue weighted by Crippen LogP contribution is -2.29. The molecule has 4 nitrogen and oxygen atoms in total. The van der Waals surface area contributed by atoms with Crippen LogP contribution in [0.4, 0.5) is 0 Å². The molecule has 0 bridgehead atoms. The SMILES string of the molecule is CCCCCCn1c[n+](CC)cc1CCC(=O)OC. The molecule has 0 radical (unpaired) electrons. The van der Waals surface area contributed by atoms with Crippen molar-refractivity contribution in [2.75, 3.05) is 7.11 Å². The van der Waals surface area contributed by atoms with Crippen molar-refractivity contribution in [1.82, 2.24) is 4.57 Å². The molecular weight excluding hydrogens is 240 g/mol. The second-order valence-corrected chi connectivity index (χ2v) is 4.90. The van der Waals surface area contributed by atoms with Crippen LogP contribution in [-0.4, -0.2) is 17.6 Å². The molecule has 0 aromatic carbocycles. The van der Waals surface area contributed by atoms with E-state index in [4.69, 9.17) is 4.74 Å². The average molecular weight is 267 g/mol. The Hall–Kier alpha value is -1.32. The fourth-order valence-corrected chi connectivity index (χ4v) is 2.18. The molecule has 1 aromatic heterocycles. The molecule has 4 heteroatoms. The number of aryl methyl sites for hydroxylation is 3. The van der Waals surface area contributed by atoms with E-state index in [1.165, 1.54) is 38.5 Å². The van der Waals surface area contributed by atoms with Gasteiger partial charge in [-0.3, -0.25) is 4.79 Å². The summed E-state index contributed by atoms with van der Waals surface area (Å²) in [5, 5.41) is 0. The Morgan fingerprint density at radius 2 is 2.11 bits per heavy atom. The third-order valence-corrected chi connectivity index (χ3v) is 3.40. The zero-order valence-corrected chi connectivity index (χ0v) is 12.5. The zero-order valence-electron chi connectivity index (χ0n) is 12.5. The molecule has 0 unspecified atom stereocenters. The van der Waals surface area contributed by atoms with Crippen molar-refractivity contribution in [2.24, 2.45) is 0 Å². The van der Waals surface area contributed by atoms with Crippen molar-refractivity contribution in [2.45, 2.75) is 65.5 Å². The van der Waals surface area contributed by atoms with Crippen molar-refractivity contribution in [3.8, 4) is 0 Å². The summed E-state index contributed by atoms with van der Waals surface area (Å²) in [5.41, 5.74) is 1.23. The van der Waals surface area contributed by atoms with Crippen LogP contribution in [0.1, 0.15) is 51.6 Å². The summed E-state index contributed by atoms with van der Waals surface area (Å²) in [4.78, 5) is 11.2. The molecule has 19 heavy (non-hydrogen) atoms. The van der Waals surface area contributed by atoms with Crippen LogP contribution in [0, 0.1) is 0 Å². The Labute approximate surface area is 116 Å². The molecule has 0 aliphatic carbocycles. The van der Waals surface area contributed by atoms with E-state index in [1.54, 1.807) is 0 Å². The molecule has 0 amide bonds. The molecule has 1 aromatic rings. The quantitative estimate of drug-likeness (QED) is 0.391. The van der Waals surface area contributed by atoms with Gasteiger partial charge in [-0.1, -0.05) is 19.8 Å². The van der Waals surface area contributed by atoms with Crippen molar-refractivity contribution in [1.29, 1.82) is 0 Å². The lowest BCUT2D eigenvalue weighted by Gasteiger charge is -2.01. The number of hydrogen-bond donors (Lipinski definition) is 0. The minimum atomic E-state index is -0.137. The summed E-state index contributed by atoms with van der Waals surface area (Å²) in [5.74, 6) is -0.137. The number of nitrogens with zero attached hydrogens (tertiary/aromatic N) is 2. The van der Waals surface area contributed by atoms with Gasteiger partial charge in [-0.2, -0.15) is 0 Å². The van der Waals surface area contributed by atoms with Gasteiger partial charge in [0, 0.05) is 6.42 Å². The molecule has 0 atom stereocenters. The molecule has 108 valence electrons. The van der Waals surface area contributed by atoms with E-state index in [9.17, 15) is 4.79 Å². The monoisotopic (exact) mass is 267 g/mol. The molecule has 0 spiro atoms. The van der Waals surface area contributed by atoms with Gasteiger partial charge in [-0.25, -0.2) is 9.13 Å². The highest BCUT2D eigenvalue weighted by Crippen LogP contribution is 2.07. The number of esters is 1. The summed E-state index contributed by atoms with van der Waals surface area (Å²) in [6.07, 6.45) is 10.5. The zero-order chi connectivity index (χ0) is 14.1. The number of carbonyl (C=O) groups is 1. The van der Waals surface area contributed by atoms with Gasteiger partial charge in [-0.15, -0.1) is 0 Å². The fourth-order valence-electron chi connectivity index (χ4n) is 2.18. The van der Waals surface area contributed by atoms with Gasteiger partial charge >= 0.3 is 5.97 Å². The van der Waals surface area contributed by atoms with Gasteiger partial charge in [-0.05, 0) is 19.8 Å². The first-order valence-electron chi connectivity index (χ1n) is 7.36. The van der Waals surface area contributed by atoms with Crippen LogP contribution in [0.5, 0.6) is 0 Å². The summed E-state index contributed by atoms with van der Waals surface area (Å²) in [6, 6.07) is 0. The van der Waals surface area contributed by atoms with Crippen LogP contribution in [0.25, 0.3) is 0 Å². The molecule has 0 saturated carbocycles. The van der Waals surface area contributed by atoms with Crippen LogP contribution < -0.4 is 4.57 Å². The molecule has 1 rings (SSSR count). The highest BCUT2D eigenvalue weighted by molar-refractivity contribution is 5.69. The van der Waals surface area contributed by atoms with Crippen LogP contribution in [0.15, 0.2) is 12.5 Å². The summed E-state index contributed by atoms with van der Waals surface area (Å²) >= 11 is 0. The average Bonchev–Trinajstić information content (AvgIpc) is 2.83. The summed E-state index contributed by atoms with van der Waals surface area (Å²) < 4.78 is 9.16. The Morgan fingerprint density at radius 1 is 1.32 bits per heavy atom. The Kier molecular flexibility index (Phi) is 7.23. The summed E-state index contributed by atoms with van der Waals surface area (Å²) in [7, 11) is 1.44. The van der Waals surface area contributed by atoms with E-state index in [1.807, 2.05) is 0 Å². The molecule has 0 N–H and O–H groups in total. The van der Waals surface area contributed by atoms with Crippen molar-refractivity contribution >= 4 is 5.97 Å². The van der Waals surface area contributed by atoms with Crippen LogP contribution >= 0.6 is 0 Å². The first-order valence-corrected chi connectivity index (χ1v) is 7.36. The molecule has 0 aliphatic heterocycles. The van der Waals surface area contributed by atoms with Crippen LogP contribution in [-0.2, 0) is 29.0 Å². The predicted octanol–water partition coefficient (Wildman–Crippen LogP) is 2.48. The maximum Gasteiger partial charge on any atom is 0.305 e. The molecule has 0 aliphatic rings. The van der Waals surface area contributed by atoms with Crippen LogP contribution in [0.2, 0.25) is 0 Å². The lowest BCUT2D eigenvalue weighted by atomic mass is 10.2. The van der Waals surface area contributed by atoms with Crippen molar-refractivity contribution in [3.63, 3.8) is 0 Å². The number of aromatic nitrogens is 2. The van der Waals surface area contributed by atoms with Gasteiger partial charge in [0.05, 0.1) is 26.6 Å². The highest BCUT2D eigenvalue weighted by Gasteiger charge is 2.14. The van der Waals surface area contributed by atoms with E-state index in [2.05, 4.69) is 35.5 Å². The lowest BCUT2D eigenvalue weighted by molar-refractivity contribution is -0.693. The maximum atomic E-state index is 11.2. The van der Waals surface area contributed by atoms with Gasteiger partial charge in [0.25, 0.3) is 0 Å². The molecule has 0 fully saturated rings. The van der Waals surface area contributed by atoms with E-state index < -0.39 is 0 Å². The first-order chi connectivity index (χ1) is 9.21. The van der Waals surface area contributed by atoms with Crippen molar-refractivity contribution < 1.29 is 14.1 Å². The van der Waals surface area contributed by atoms with Crippen LogP contribution in [0.3, 0.4) is 0 Å². The molecular formula is C15H27N2O2+. The second kappa shape index (κ2) is 8.73. The standard InChI is InChI=1S/C15H27N2O2/c1-4-6-7-8-11-17-13-16(5-2)12-14(17)9-10-15(18)19-3/h12-13H,4-11H2,1-3H3/q+1. The molecule has 1 heterocycles. The highest BCUT2D eigenvalue weighted by atomic mass is 16.5. The number of imidazole rings is 1. The number of rotatable bonds is 9. The Bertz CT molecular complexity index is 385. The fraction of sp³-hybridized carbons (Fsp3) is 0.733. The number of ether oxygens (including phenoxy) is 1. The third-order valence-electron chi connectivity index (χ3n) is 3.40. The van der Waals surface area contributed by atoms with E-state index in [0.29, 0.717) is 6.42 Å². The molecule has 0 saturated heterocycles. The van der Waals surface area contributed by atoms with E-state index in [0.717, 1.165) is 19.5 Å². The predicted molar refractivity (Wildman–Crippen MR) is 74.8 cm³/mol. The topological polar surface area (TPSA) is 35.1 Å². The smallest absolute Gasteiger partial charge is 0.305 e. The van der Waals surface area contributed by atoms with Gasteiger partial charge in [0.15, 0.2) is 0 Å². The second-order valence-electron chi connectivity index (χ2n) is 4.90. The summed E-state index contributed by atoms with van der Waals surface area (Å²) in [6.45, 7) is 6.37.